The second-order valence-corrected chi connectivity index (χ2v) is 8.15. The number of benzene rings is 3. The fourth-order valence-corrected chi connectivity index (χ4v) is 4.52. The highest BCUT2D eigenvalue weighted by Gasteiger charge is 2.17. The smallest absolute Gasteiger partial charge is 0.141 e. The molecular weight excluding hydrogens is 390 g/mol. The highest BCUT2D eigenvalue weighted by molar-refractivity contribution is 6.07. The van der Waals surface area contributed by atoms with E-state index < -0.39 is 0 Å². The lowest BCUT2D eigenvalue weighted by Gasteiger charge is -2.19. The van der Waals surface area contributed by atoms with Crippen molar-refractivity contribution in [1.82, 2.24) is 4.98 Å². The van der Waals surface area contributed by atoms with E-state index in [0.29, 0.717) is 5.92 Å². The Hall–Kier alpha value is -3.78. The van der Waals surface area contributed by atoms with Gasteiger partial charge in [0, 0.05) is 38.9 Å². The molecule has 0 radical (unpaired) electrons. The van der Waals surface area contributed by atoms with E-state index in [4.69, 9.17) is 4.74 Å². The van der Waals surface area contributed by atoms with Gasteiger partial charge in [-0.1, -0.05) is 78.9 Å². The Bertz CT molecular complexity index is 1400. The van der Waals surface area contributed by atoms with Gasteiger partial charge in [-0.3, -0.25) is 0 Å². The summed E-state index contributed by atoms with van der Waals surface area (Å²) in [5.41, 5.74) is 7.15. The number of fused-ring (bicyclic) bond motifs is 3. The molecule has 1 unspecified atom stereocenters. The maximum Gasteiger partial charge on any atom is 0.141 e. The standard InChI is InChI=1S/C30H27NO/c1-3-8-23-9-7-11-25(30(23)32-19-4-2)22-15-13-21(14-16-22)24-17-18-29-27(20-24)26-10-5-6-12-28(26)31-29/h3-13,15-21,31H,14H2,1-2H3. The number of rotatable bonds is 5. The number of aromatic nitrogens is 1. The molecule has 0 fully saturated rings. The van der Waals surface area contributed by atoms with Crippen molar-refractivity contribution in [3.63, 3.8) is 0 Å². The zero-order valence-corrected chi connectivity index (χ0v) is 18.5. The SMILES string of the molecule is CC=COc1c(C=CC)cccc1C1=CCC(c2ccc3[nH]c4ccccc4c3c2)C=C1. The van der Waals surface area contributed by atoms with Crippen LogP contribution in [0, 0.1) is 0 Å². The number of hydrogen-bond acceptors (Lipinski definition) is 1. The molecular formula is C30H27NO. The predicted molar refractivity (Wildman–Crippen MR) is 137 cm³/mol. The Morgan fingerprint density at radius 2 is 1.78 bits per heavy atom. The summed E-state index contributed by atoms with van der Waals surface area (Å²) in [7, 11) is 0. The van der Waals surface area contributed by atoms with Gasteiger partial charge in [0.25, 0.3) is 0 Å². The van der Waals surface area contributed by atoms with Crippen molar-refractivity contribution < 1.29 is 4.74 Å². The second kappa shape index (κ2) is 8.76. The lowest BCUT2D eigenvalue weighted by molar-refractivity contribution is 0.477. The van der Waals surface area contributed by atoms with Crippen LogP contribution in [-0.2, 0) is 0 Å². The molecule has 4 aromatic rings. The number of para-hydroxylation sites is 2. The molecule has 1 aliphatic rings. The van der Waals surface area contributed by atoms with E-state index in [1.807, 2.05) is 26.0 Å². The fraction of sp³-hybridized carbons (Fsp3) is 0.133. The second-order valence-electron chi connectivity index (χ2n) is 8.15. The minimum Gasteiger partial charge on any atom is -0.464 e. The van der Waals surface area contributed by atoms with Crippen molar-refractivity contribution >= 4 is 33.5 Å². The summed E-state index contributed by atoms with van der Waals surface area (Å²) in [6.45, 7) is 3.99. The molecule has 0 bridgehead atoms. The molecule has 0 saturated heterocycles. The quantitative estimate of drug-likeness (QED) is 0.324. The van der Waals surface area contributed by atoms with Gasteiger partial charge in [0.2, 0.25) is 0 Å². The van der Waals surface area contributed by atoms with Crippen molar-refractivity contribution in [1.29, 1.82) is 0 Å². The summed E-state index contributed by atoms with van der Waals surface area (Å²) < 4.78 is 6.00. The molecule has 32 heavy (non-hydrogen) atoms. The van der Waals surface area contributed by atoms with Crippen molar-refractivity contribution in [2.75, 3.05) is 0 Å². The molecule has 5 rings (SSSR count). The van der Waals surface area contributed by atoms with E-state index in [9.17, 15) is 0 Å². The molecule has 158 valence electrons. The first-order valence-electron chi connectivity index (χ1n) is 11.2. The van der Waals surface area contributed by atoms with Gasteiger partial charge in [-0.2, -0.15) is 0 Å². The third-order valence-corrected chi connectivity index (χ3v) is 6.08. The van der Waals surface area contributed by atoms with Crippen molar-refractivity contribution in [2.45, 2.75) is 26.2 Å². The van der Waals surface area contributed by atoms with Gasteiger partial charge in [-0.05, 0) is 49.6 Å². The maximum absolute atomic E-state index is 6.00. The van der Waals surface area contributed by atoms with Crippen LogP contribution in [-0.4, -0.2) is 4.98 Å². The summed E-state index contributed by atoms with van der Waals surface area (Å²) >= 11 is 0. The molecule has 0 amide bonds. The number of nitrogens with one attached hydrogen (secondary N) is 1. The summed E-state index contributed by atoms with van der Waals surface area (Å²) in [5.74, 6) is 1.27. The van der Waals surface area contributed by atoms with Gasteiger partial charge in [-0.15, -0.1) is 0 Å². The lowest BCUT2D eigenvalue weighted by atomic mass is 9.87. The number of H-pyrrole nitrogens is 1. The lowest BCUT2D eigenvalue weighted by Crippen LogP contribution is -2.00. The van der Waals surface area contributed by atoms with Crippen LogP contribution in [0.25, 0.3) is 33.5 Å². The summed E-state index contributed by atoms with van der Waals surface area (Å²) in [6.07, 6.45) is 15.7. The van der Waals surface area contributed by atoms with E-state index in [1.165, 1.54) is 32.9 Å². The summed E-state index contributed by atoms with van der Waals surface area (Å²) in [4.78, 5) is 3.52. The van der Waals surface area contributed by atoms with Gasteiger partial charge >= 0.3 is 0 Å². The van der Waals surface area contributed by atoms with Crippen molar-refractivity contribution in [3.8, 4) is 5.75 Å². The van der Waals surface area contributed by atoms with Crippen LogP contribution >= 0.6 is 0 Å². The predicted octanol–water partition coefficient (Wildman–Crippen LogP) is 8.39. The zero-order valence-electron chi connectivity index (χ0n) is 18.5. The van der Waals surface area contributed by atoms with Gasteiger partial charge in [-0.25, -0.2) is 0 Å². The van der Waals surface area contributed by atoms with E-state index in [2.05, 4.69) is 90.0 Å². The average Bonchev–Trinajstić information content (AvgIpc) is 3.21. The van der Waals surface area contributed by atoms with Crippen molar-refractivity contribution in [3.05, 3.63) is 114 Å². The van der Waals surface area contributed by atoms with Crippen LogP contribution in [0.4, 0.5) is 0 Å². The topological polar surface area (TPSA) is 25.0 Å². The largest absolute Gasteiger partial charge is 0.464 e. The molecule has 1 N–H and O–H groups in total. The zero-order chi connectivity index (χ0) is 21.9. The van der Waals surface area contributed by atoms with Crippen LogP contribution in [0.3, 0.4) is 0 Å². The summed E-state index contributed by atoms with van der Waals surface area (Å²) in [5, 5.41) is 2.58. The van der Waals surface area contributed by atoms with Crippen LogP contribution in [0.15, 0.2) is 97.3 Å². The molecule has 0 aliphatic heterocycles. The van der Waals surface area contributed by atoms with Crippen LogP contribution in [0.2, 0.25) is 0 Å². The molecule has 1 aromatic heterocycles. The molecule has 0 spiro atoms. The minimum absolute atomic E-state index is 0.371. The van der Waals surface area contributed by atoms with Gasteiger partial charge < -0.3 is 9.72 Å². The Labute approximate surface area is 189 Å². The van der Waals surface area contributed by atoms with E-state index in [-0.39, 0.29) is 0 Å². The van der Waals surface area contributed by atoms with Crippen molar-refractivity contribution in [2.24, 2.45) is 0 Å². The molecule has 0 saturated carbocycles. The summed E-state index contributed by atoms with van der Waals surface area (Å²) in [6, 6.07) is 21.6. The highest BCUT2D eigenvalue weighted by Crippen LogP contribution is 2.37. The van der Waals surface area contributed by atoms with Gasteiger partial charge in [0.1, 0.15) is 5.75 Å². The van der Waals surface area contributed by atoms with E-state index in [0.717, 1.165) is 23.3 Å². The normalized spacial score (nSPS) is 16.4. The first kappa shape index (κ1) is 20.1. The Balaban J connectivity index is 1.46. The molecule has 3 aromatic carbocycles. The first-order valence-corrected chi connectivity index (χ1v) is 11.2. The van der Waals surface area contributed by atoms with Crippen LogP contribution in [0.1, 0.15) is 42.9 Å². The number of aromatic amines is 1. The third-order valence-electron chi connectivity index (χ3n) is 6.08. The molecule has 2 heteroatoms. The Morgan fingerprint density at radius 1 is 0.906 bits per heavy atom. The molecule has 1 atom stereocenters. The van der Waals surface area contributed by atoms with Crippen LogP contribution < -0.4 is 4.74 Å². The average molecular weight is 418 g/mol. The molecule has 2 nitrogen and oxygen atoms in total. The molecule has 1 aliphatic carbocycles. The van der Waals surface area contributed by atoms with Crippen LogP contribution in [0.5, 0.6) is 5.75 Å². The third kappa shape index (κ3) is 3.69. The highest BCUT2D eigenvalue weighted by atomic mass is 16.5. The number of allylic oxidation sites excluding steroid dienone is 6. The molecule has 1 heterocycles. The van der Waals surface area contributed by atoms with E-state index in [1.54, 1.807) is 6.26 Å². The minimum atomic E-state index is 0.371. The number of ether oxygens (including phenoxy) is 1. The number of hydrogen-bond donors (Lipinski definition) is 1. The maximum atomic E-state index is 6.00. The first-order chi connectivity index (χ1) is 15.8. The van der Waals surface area contributed by atoms with Gasteiger partial charge in [0.15, 0.2) is 0 Å². The van der Waals surface area contributed by atoms with E-state index >= 15 is 0 Å². The fourth-order valence-electron chi connectivity index (χ4n) is 4.52. The monoisotopic (exact) mass is 417 g/mol. The Morgan fingerprint density at radius 3 is 2.59 bits per heavy atom. The Kier molecular flexibility index (Phi) is 5.51. The van der Waals surface area contributed by atoms with Gasteiger partial charge in [0.05, 0.1) is 6.26 Å².